The Kier molecular flexibility index (Phi) is 3.84. The van der Waals surface area contributed by atoms with Gasteiger partial charge in [-0.15, -0.1) is 0 Å². The summed E-state index contributed by atoms with van der Waals surface area (Å²) in [5, 5.41) is 14.1. The summed E-state index contributed by atoms with van der Waals surface area (Å²) < 4.78 is 11.9. The summed E-state index contributed by atoms with van der Waals surface area (Å²) in [6, 6.07) is 9.27. The van der Waals surface area contributed by atoms with Crippen molar-refractivity contribution in [1.29, 1.82) is 0 Å². The van der Waals surface area contributed by atoms with Crippen molar-refractivity contribution in [3.8, 4) is 0 Å². The van der Waals surface area contributed by atoms with E-state index >= 15 is 0 Å². The van der Waals surface area contributed by atoms with E-state index in [1.54, 1.807) is 13.8 Å². The Labute approximate surface area is 118 Å². The first-order chi connectivity index (χ1) is 9.45. The van der Waals surface area contributed by atoms with Crippen LogP contribution < -0.4 is 0 Å². The third-order valence-electron chi connectivity index (χ3n) is 3.55. The Morgan fingerprint density at radius 3 is 2.05 bits per heavy atom. The fourth-order valence-corrected chi connectivity index (χ4v) is 2.62. The van der Waals surface area contributed by atoms with E-state index in [0.717, 1.165) is 10.3 Å². The number of methoxy groups -OCH3 is 2. The van der Waals surface area contributed by atoms with Crippen LogP contribution in [0.1, 0.15) is 19.4 Å². The molecule has 0 fully saturated rings. The topological polar surface area (TPSA) is 57.0 Å². The highest BCUT2D eigenvalue weighted by Gasteiger charge is 2.65. The maximum atomic E-state index is 12.7. The SMILES string of the molecule is CON1C(OC)(OC)C(c2ccccc2)=[N+]([O-])C1(C)C. The molecule has 6 heteroatoms. The first-order valence-electron chi connectivity index (χ1n) is 6.30. The summed E-state index contributed by atoms with van der Waals surface area (Å²) in [6.07, 6.45) is 0. The minimum absolute atomic E-state index is 0.356. The molecule has 110 valence electrons. The largest absolute Gasteiger partial charge is 0.622 e. The van der Waals surface area contributed by atoms with Crippen molar-refractivity contribution >= 4 is 5.71 Å². The Balaban J connectivity index is 2.70. The summed E-state index contributed by atoms with van der Waals surface area (Å²) in [6.45, 7) is 3.48. The van der Waals surface area contributed by atoms with Gasteiger partial charge in [0.05, 0.1) is 12.7 Å². The fourth-order valence-electron chi connectivity index (χ4n) is 2.62. The number of nitrogens with zero attached hydrogens (tertiary/aromatic N) is 2. The van der Waals surface area contributed by atoms with E-state index in [1.165, 1.54) is 26.4 Å². The van der Waals surface area contributed by atoms with E-state index < -0.39 is 11.6 Å². The highest BCUT2D eigenvalue weighted by Crippen LogP contribution is 2.37. The lowest BCUT2D eigenvalue weighted by Gasteiger charge is -2.35. The van der Waals surface area contributed by atoms with Gasteiger partial charge in [-0.05, 0) is 12.1 Å². The molecule has 0 N–H and O–H groups in total. The molecule has 1 aromatic rings. The van der Waals surface area contributed by atoms with Crippen LogP contribution in [0.25, 0.3) is 0 Å². The van der Waals surface area contributed by atoms with Gasteiger partial charge in [-0.3, -0.25) is 4.84 Å². The molecule has 0 saturated heterocycles. The van der Waals surface area contributed by atoms with E-state index in [9.17, 15) is 5.21 Å². The highest BCUT2D eigenvalue weighted by atomic mass is 16.8. The van der Waals surface area contributed by atoms with Crippen LogP contribution in [0, 0.1) is 5.21 Å². The number of rotatable bonds is 4. The number of benzene rings is 1. The van der Waals surface area contributed by atoms with Crippen LogP contribution in [0.4, 0.5) is 0 Å². The van der Waals surface area contributed by atoms with E-state index in [2.05, 4.69) is 0 Å². The molecule has 0 aromatic heterocycles. The number of ether oxygens (including phenoxy) is 2. The number of hydroxylamine groups is 3. The summed E-state index contributed by atoms with van der Waals surface area (Å²) >= 11 is 0. The first-order valence-corrected chi connectivity index (χ1v) is 6.30. The van der Waals surface area contributed by atoms with Gasteiger partial charge in [0.2, 0.25) is 0 Å². The summed E-state index contributed by atoms with van der Waals surface area (Å²) in [5.74, 6) is -1.39. The van der Waals surface area contributed by atoms with Gasteiger partial charge in [-0.1, -0.05) is 23.3 Å². The molecular weight excluding hydrogens is 260 g/mol. The molecule has 1 aliphatic rings. The van der Waals surface area contributed by atoms with Gasteiger partial charge in [0, 0.05) is 28.1 Å². The average Bonchev–Trinajstić information content (AvgIpc) is 2.64. The zero-order chi connectivity index (χ0) is 15.0. The van der Waals surface area contributed by atoms with E-state index in [1.807, 2.05) is 30.3 Å². The van der Waals surface area contributed by atoms with Crippen LogP contribution in [0.5, 0.6) is 0 Å². The normalized spacial score (nSPS) is 21.4. The molecule has 0 amide bonds. The van der Waals surface area contributed by atoms with Crippen molar-refractivity contribution in [2.24, 2.45) is 0 Å². The average molecular weight is 280 g/mol. The molecule has 6 nitrogen and oxygen atoms in total. The number of hydrogen-bond donors (Lipinski definition) is 0. The van der Waals surface area contributed by atoms with Crippen molar-refractivity contribution in [2.75, 3.05) is 21.3 Å². The van der Waals surface area contributed by atoms with Crippen LogP contribution >= 0.6 is 0 Å². The van der Waals surface area contributed by atoms with Crippen molar-refractivity contribution in [2.45, 2.75) is 25.4 Å². The molecule has 0 bridgehead atoms. The zero-order valence-corrected chi connectivity index (χ0v) is 12.4. The fraction of sp³-hybridized carbons (Fsp3) is 0.500. The van der Waals surface area contributed by atoms with Crippen LogP contribution in [0.3, 0.4) is 0 Å². The third kappa shape index (κ3) is 1.84. The van der Waals surface area contributed by atoms with Gasteiger partial charge < -0.3 is 14.7 Å². The van der Waals surface area contributed by atoms with Crippen LogP contribution in [0.2, 0.25) is 0 Å². The van der Waals surface area contributed by atoms with Crippen LogP contribution in [-0.4, -0.2) is 48.4 Å². The third-order valence-corrected chi connectivity index (χ3v) is 3.55. The molecule has 0 radical (unpaired) electrons. The Morgan fingerprint density at radius 2 is 1.60 bits per heavy atom. The minimum atomic E-state index is -1.39. The van der Waals surface area contributed by atoms with Crippen molar-refractivity contribution in [3.05, 3.63) is 41.1 Å². The molecule has 0 aliphatic carbocycles. The zero-order valence-electron chi connectivity index (χ0n) is 12.4. The van der Waals surface area contributed by atoms with Gasteiger partial charge in [0.25, 0.3) is 11.4 Å². The molecule has 20 heavy (non-hydrogen) atoms. The predicted molar refractivity (Wildman–Crippen MR) is 73.9 cm³/mol. The van der Waals surface area contributed by atoms with E-state index in [-0.39, 0.29) is 0 Å². The molecule has 1 aliphatic heterocycles. The Bertz CT molecular complexity index is 509. The van der Waals surface area contributed by atoms with Crippen LogP contribution in [0.15, 0.2) is 30.3 Å². The van der Waals surface area contributed by atoms with E-state index in [0.29, 0.717) is 5.71 Å². The Hall–Kier alpha value is -1.47. The standard InChI is InChI=1S/C14H20N2O4/c1-13(2)15(17)12(11-9-7-6-8-10-11)14(18-3,19-4)16(13)20-5/h6-10H,1-5H3. The second-order valence-electron chi connectivity index (χ2n) is 4.97. The van der Waals surface area contributed by atoms with Crippen molar-refractivity contribution in [1.82, 2.24) is 5.06 Å². The molecule has 0 saturated carbocycles. The smallest absolute Gasteiger partial charge is 0.348 e. The second-order valence-corrected chi connectivity index (χ2v) is 4.97. The maximum absolute atomic E-state index is 12.7. The molecule has 0 unspecified atom stereocenters. The van der Waals surface area contributed by atoms with Gasteiger partial charge in [0.15, 0.2) is 0 Å². The Morgan fingerprint density at radius 1 is 1.05 bits per heavy atom. The molecule has 0 atom stereocenters. The van der Waals surface area contributed by atoms with Crippen LogP contribution in [-0.2, 0) is 14.3 Å². The molecular formula is C14H20N2O4. The summed E-state index contributed by atoms with van der Waals surface area (Å²) in [4.78, 5) is 5.37. The predicted octanol–water partition coefficient (Wildman–Crippen LogP) is 1.55. The molecule has 1 heterocycles. The van der Waals surface area contributed by atoms with Gasteiger partial charge >= 0.3 is 5.91 Å². The monoisotopic (exact) mass is 280 g/mol. The lowest BCUT2D eigenvalue weighted by molar-refractivity contribution is -0.589. The van der Waals surface area contributed by atoms with Crippen molar-refractivity contribution in [3.63, 3.8) is 0 Å². The lowest BCUT2D eigenvalue weighted by Crippen LogP contribution is -2.58. The highest BCUT2D eigenvalue weighted by molar-refractivity contribution is 6.02. The lowest BCUT2D eigenvalue weighted by atomic mass is 10.1. The van der Waals surface area contributed by atoms with Gasteiger partial charge in [-0.2, -0.15) is 4.74 Å². The minimum Gasteiger partial charge on any atom is -0.622 e. The number of hydrogen-bond acceptors (Lipinski definition) is 5. The maximum Gasteiger partial charge on any atom is 0.348 e. The van der Waals surface area contributed by atoms with Gasteiger partial charge in [0.1, 0.15) is 0 Å². The summed E-state index contributed by atoms with van der Waals surface area (Å²) in [7, 11) is 4.44. The first kappa shape index (κ1) is 14.9. The van der Waals surface area contributed by atoms with Gasteiger partial charge in [-0.25, -0.2) is 0 Å². The molecule has 2 rings (SSSR count). The van der Waals surface area contributed by atoms with E-state index in [4.69, 9.17) is 14.3 Å². The second kappa shape index (κ2) is 5.14. The van der Waals surface area contributed by atoms with Crippen molar-refractivity contribution < 1.29 is 19.1 Å². The quantitative estimate of drug-likeness (QED) is 0.476. The molecule has 1 aromatic carbocycles. The molecule has 0 spiro atoms. The summed E-state index contributed by atoms with van der Waals surface area (Å²) in [5.41, 5.74) is 0.111.